The van der Waals surface area contributed by atoms with Gasteiger partial charge in [0.1, 0.15) is 0 Å². The average molecular weight is 367 g/mol. The van der Waals surface area contributed by atoms with Gasteiger partial charge in [0, 0.05) is 24.5 Å². The number of aryl methyl sites for hydroxylation is 1. The van der Waals surface area contributed by atoms with Crippen LogP contribution in [-0.4, -0.2) is 37.2 Å². The monoisotopic (exact) mass is 367 g/mol. The van der Waals surface area contributed by atoms with Crippen molar-refractivity contribution in [3.63, 3.8) is 0 Å². The summed E-state index contributed by atoms with van der Waals surface area (Å²) in [6.45, 7) is 0. The molecule has 1 amide bonds. The first-order valence-corrected chi connectivity index (χ1v) is 8.44. The van der Waals surface area contributed by atoms with Gasteiger partial charge in [0.15, 0.2) is 11.5 Å². The Kier molecular flexibility index (Phi) is 5.71. The van der Waals surface area contributed by atoms with Gasteiger partial charge >= 0.3 is 0 Å². The Labute approximate surface area is 157 Å². The summed E-state index contributed by atoms with van der Waals surface area (Å²) in [4.78, 5) is 20.8. The van der Waals surface area contributed by atoms with Gasteiger partial charge in [-0.05, 0) is 42.3 Å². The van der Waals surface area contributed by atoms with Gasteiger partial charge in [-0.2, -0.15) is 0 Å². The second kappa shape index (κ2) is 8.35. The minimum Gasteiger partial charge on any atom is -0.493 e. The highest BCUT2D eigenvalue weighted by Gasteiger charge is 2.14. The fourth-order valence-electron chi connectivity index (χ4n) is 2.80. The van der Waals surface area contributed by atoms with Crippen molar-refractivity contribution in [2.45, 2.75) is 12.8 Å². The lowest BCUT2D eigenvalue weighted by Gasteiger charge is -2.14. The SMILES string of the molecule is COc1cc(CCC(=O)Nc2ccc3nccnc3c2)cc(OC)c1OC. The number of amides is 1. The molecule has 3 rings (SSSR count). The maximum atomic E-state index is 12.3. The number of carbonyl (C=O) groups is 1. The van der Waals surface area contributed by atoms with Crippen molar-refractivity contribution in [3.8, 4) is 17.2 Å². The molecule has 7 nitrogen and oxygen atoms in total. The molecule has 0 spiro atoms. The maximum Gasteiger partial charge on any atom is 0.224 e. The van der Waals surface area contributed by atoms with Crippen LogP contribution < -0.4 is 19.5 Å². The summed E-state index contributed by atoms with van der Waals surface area (Å²) in [6, 6.07) is 9.14. The topological polar surface area (TPSA) is 82.6 Å². The van der Waals surface area contributed by atoms with Gasteiger partial charge in [0.25, 0.3) is 0 Å². The van der Waals surface area contributed by atoms with Crippen molar-refractivity contribution in [2.24, 2.45) is 0 Å². The van der Waals surface area contributed by atoms with E-state index in [2.05, 4.69) is 15.3 Å². The first-order valence-electron chi connectivity index (χ1n) is 8.44. The largest absolute Gasteiger partial charge is 0.493 e. The molecule has 0 fully saturated rings. The van der Waals surface area contributed by atoms with Crippen LogP contribution >= 0.6 is 0 Å². The van der Waals surface area contributed by atoms with Gasteiger partial charge in [-0.3, -0.25) is 14.8 Å². The molecule has 3 aromatic rings. The maximum absolute atomic E-state index is 12.3. The van der Waals surface area contributed by atoms with Gasteiger partial charge in [0.05, 0.1) is 32.4 Å². The summed E-state index contributed by atoms with van der Waals surface area (Å²) in [5, 5.41) is 2.89. The van der Waals surface area contributed by atoms with Crippen LogP contribution in [0.5, 0.6) is 17.2 Å². The van der Waals surface area contributed by atoms with E-state index in [9.17, 15) is 4.79 Å². The van der Waals surface area contributed by atoms with E-state index in [0.29, 0.717) is 35.8 Å². The number of anilines is 1. The van der Waals surface area contributed by atoms with E-state index in [1.165, 1.54) is 0 Å². The van der Waals surface area contributed by atoms with Gasteiger partial charge < -0.3 is 19.5 Å². The zero-order valence-corrected chi connectivity index (χ0v) is 15.5. The quantitative estimate of drug-likeness (QED) is 0.690. The Morgan fingerprint density at radius 1 is 0.926 bits per heavy atom. The van der Waals surface area contributed by atoms with Gasteiger partial charge in [0.2, 0.25) is 11.7 Å². The number of fused-ring (bicyclic) bond motifs is 1. The Hall–Kier alpha value is -3.35. The molecule has 1 N–H and O–H groups in total. The van der Waals surface area contributed by atoms with E-state index in [-0.39, 0.29) is 5.91 Å². The molecular formula is C20H21N3O4. The number of methoxy groups -OCH3 is 3. The average Bonchev–Trinajstić information content (AvgIpc) is 2.71. The van der Waals surface area contributed by atoms with E-state index < -0.39 is 0 Å². The molecule has 7 heteroatoms. The molecule has 2 aromatic carbocycles. The summed E-state index contributed by atoms with van der Waals surface area (Å²) in [5.74, 6) is 1.58. The van der Waals surface area contributed by atoms with Crippen molar-refractivity contribution in [1.82, 2.24) is 9.97 Å². The van der Waals surface area contributed by atoms with Crippen LogP contribution in [0.1, 0.15) is 12.0 Å². The molecule has 0 saturated carbocycles. The van der Waals surface area contributed by atoms with E-state index >= 15 is 0 Å². The molecule has 1 aromatic heterocycles. The number of rotatable bonds is 7. The smallest absolute Gasteiger partial charge is 0.224 e. The Morgan fingerprint density at radius 3 is 2.22 bits per heavy atom. The molecule has 0 aliphatic heterocycles. The lowest BCUT2D eigenvalue weighted by atomic mass is 10.1. The summed E-state index contributed by atoms with van der Waals surface area (Å²) < 4.78 is 16.0. The number of nitrogens with one attached hydrogen (secondary N) is 1. The predicted molar refractivity (Wildman–Crippen MR) is 103 cm³/mol. The summed E-state index contributed by atoms with van der Waals surface area (Å²) in [7, 11) is 4.69. The molecule has 0 bridgehead atoms. The molecule has 0 radical (unpaired) electrons. The van der Waals surface area contributed by atoms with Crippen LogP contribution in [0.3, 0.4) is 0 Å². The first kappa shape index (κ1) is 18.4. The number of nitrogens with zero attached hydrogens (tertiary/aromatic N) is 2. The standard InChI is InChI=1S/C20H21N3O4/c1-25-17-10-13(11-18(26-2)20(17)27-3)4-7-19(24)23-14-5-6-15-16(12-14)22-9-8-21-15/h5-6,8-12H,4,7H2,1-3H3,(H,23,24). The fraction of sp³-hybridized carbons (Fsp3) is 0.250. The predicted octanol–water partition coefficient (Wildman–Crippen LogP) is 3.23. The second-order valence-electron chi connectivity index (χ2n) is 5.84. The highest BCUT2D eigenvalue weighted by atomic mass is 16.5. The van der Waals surface area contributed by atoms with Gasteiger partial charge in [-0.1, -0.05) is 0 Å². The van der Waals surface area contributed by atoms with Crippen LogP contribution in [0.2, 0.25) is 0 Å². The number of carbonyl (C=O) groups excluding carboxylic acids is 1. The zero-order valence-electron chi connectivity index (χ0n) is 15.5. The van der Waals surface area contributed by atoms with Gasteiger partial charge in [-0.15, -0.1) is 0 Å². The minimum absolute atomic E-state index is 0.0907. The van der Waals surface area contributed by atoms with Crippen molar-refractivity contribution in [3.05, 3.63) is 48.3 Å². The molecule has 0 aliphatic rings. The van der Waals surface area contributed by atoms with E-state index in [1.807, 2.05) is 24.3 Å². The summed E-state index contributed by atoms with van der Waals surface area (Å²) in [6.07, 6.45) is 4.11. The zero-order chi connectivity index (χ0) is 19.2. The fourth-order valence-corrected chi connectivity index (χ4v) is 2.80. The number of hydrogen-bond acceptors (Lipinski definition) is 6. The molecule has 0 atom stereocenters. The lowest BCUT2D eigenvalue weighted by Crippen LogP contribution is -2.12. The molecular weight excluding hydrogens is 346 g/mol. The number of benzene rings is 2. The third-order valence-corrected chi connectivity index (χ3v) is 4.12. The van der Waals surface area contributed by atoms with Crippen LogP contribution in [0, 0.1) is 0 Å². The molecule has 27 heavy (non-hydrogen) atoms. The molecule has 140 valence electrons. The normalized spacial score (nSPS) is 10.5. The van der Waals surface area contributed by atoms with Crippen molar-refractivity contribution in [1.29, 1.82) is 0 Å². The van der Waals surface area contributed by atoms with Crippen LogP contribution in [-0.2, 0) is 11.2 Å². The molecule has 0 saturated heterocycles. The second-order valence-corrected chi connectivity index (χ2v) is 5.84. The molecule has 0 aliphatic carbocycles. The molecule has 0 unspecified atom stereocenters. The third kappa shape index (κ3) is 4.25. The third-order valence-electron chi connectivity index (χ3n) is 4.12. The van der Waals surface area contributed by atoms with Crippen LogP contribution in [0.4, 0.5) is 5.69 Å². The van der Waals surface area contributed by atoms with Gasteiger partial charge in [-0.25, -0.2) is 0 Å². The van der Waals surface area contributed by atoms with E-state index in [4.69, 9.17) is 14.2 Å². The van der Waals surface area contributed by atoms with Crippen molar-refractivity contribution >= 4 is 22.6 Å². The van der Waals surface area contributed by atoms with E-state index in [0.717, 1.165) is 16.6 Å². The first-order chi connectivity index (χ1) is 13.1. The highest BCUT2D eigenvalue weighted by Crippen LogP contribution is 2.38. The van der Waals surface area contributed by atoms with Crippen LogP contribution in [0.15, 0.2) is 42.7 Å². The number of ether oxygens (including phenoxy) is 3. The summed E-state index contributed by atoms with van der Waals surface area (Å²) >= 11 is 0. The Bertz CT molecular complexity index is 934. The highest BCUT2D eigenvalue weighted by molar-refractivity contribution is 5.93. The molecule has 1 heterocycles. The lowest BCUT2D eigenvalue weighted by molar-refractivity contribution is -0.116. The van der Waals surface area contributed by atoms with Crippen molar-refractivity contribution < 1.29 is 19.0 Å². The Balaban J connectivity index is 1.67. The van der Waals surface area contributed by atoms with Crippen LogP contribution in [0.25, 0.3) is 11.0 Å². The number of aromatic nitrogens is 2. The minimum atomic E-state index is -0.0907. The summed E-state index contributed by atoms with van der Waals surface area (Å²) in [5.41, 5.74) is 3.13. The van der Waals surface area contributed by atoms with Crippen molar-refractivity contribution in [2.75, 3.05) is 26.6 Å². The van der Waals surface area contributed by atoms with E-state index in [1.54, 1.807) is 39.8 Å². The number of hydrogen-bond donors (Lipinski definition) is 1. The Morgan fingerprint density at radius 2 is 1.59 bits per heavy atom.